The first-order valence-corrected chi connectivity index (χ1v) is 8.60. The topological polar surface area (TPSA) is 69.6 Å². The van der Waals surface area contributed by atoms with E-state index < -0.39 is 10.0 Å². The molecule has 7 heteroatoms. The molecule has 0 aliphatic carbocycles. The lowest BCUT2D eigenvalue weighted by atomic mass is 10.2. The monoisotopic (exact) mass is 364 g/mol. The van der Waals surface area contributed by atoms with Crippen molar-refractivity contribution in [3.63, 3.8) is 0 Å². The van der Waals surface area contributed by atoms with Crippen LogP contribution in [-0.4, -0.2) is 45.1 Å². The van der Waals surface area contributed by atoms with E-state index in [2.05, 4.69) is 20.7 Å². The maximum absolute atomic E-state index is 12.3. The van der Waals surface area contributed by atoms with Crippen LogP contribution in [0.15, 0.2) is 27.6 Å². The predicted molar refractivity (Wildman–Crippen MR) is 83.0 cm³/mol. The maximum Gasteiger partial charge on any atom is 0.241 e. The summed E-state index contributed by atoms with van der Waals surface area (Å²) in [7, 11) is 0.340. The normalized spacial score (nSPS) is 13.7. The van der Waals surface area contributed by atoms with Gasteiger partial charge in [0.05, 0.1) is 11.5 Å². The second-order valence-electron chi connectivity index (χ2n) is 5.04. The van der Waals surface area contributed by atoms with E-state index in [1.807, 2.05) is 25.9 Å². The van der Waals surface area contributed by atoms with Gasteiger partial charge in [-0.1, -0.05) is 6.07 Å². The second kappa shape index (κ2) is 7.51. The number of aliphatic hydroxyl groups is 1. The van der Waals surface area contributed by atoms with Gasteiger partial charge in [-0.05, 0) is 67.6 Å². The molecule has 1 aromatic rings. The van der Waals surface area contributed by atoms with Crippen LogP contribution < -0.4 is 4.72 Å². The quantitative estimate of drug-likeness (QED) is 0.770. The molecule has 0 saturated carbocycles. The molecular weight excluding hydrogens is 344 g/mol. The van der Waals surface area contributed by atoms with Crippen LogP contribution in [0.2, 0.25) is 0 Å². The van der Waals surface area contributed by atoms with E-state index in [1.165, 1.54) is 6.07 Å². The fourth-order valence-corrected chi connectivity index (χ4v) is 4.10. The number of halogens is 1. The highest BCUT2D eigenvalue weighted by Crippen LogP contribution is 2.23. The molecule has 0 heterocycles. The first-order chi connectivity index (χ1) is 9.26. The minimum atomic E-state index is -3.56. The van der Waals surface area contributed by atoms with Crippen LogP contribution >= 0.6 is 15.9 Å². The van der Waals surface area contributed by atoms with Gasteiger partial charge in [0, 0.05) is 10.5 Å². The summed E-state index contributed by atoms with van der Waals surface area (Å²) in [6, 6.07) is 4.56. The van der Waals surface area contributed by atoms with Gasteiger partial charge < -0.3 is 10.0 Å². The van der Waals surface area contributed by atoms with Crippen molar-refractivity contribution >= 4 is 26.0 Å². The standard InChI is InChI=1S/C13H21BrN2O3S/c1-10(6-7-16(2)3)15-20(18,19)13-5-4-11(9-17)8-12(13)14/h4-5,8,10,15,17H,6-7,9H2,1-3H3. The number of benzene rings is 1. The van der Waals surface area contributed by atoms with Crippen molar-refractivity contribution < 1.29 is 13.5 Å². The SMILES string of the molecule is CC(CCN(C)C)NS(=O)(=O)c1ccc(CO)cc1Br. The highest BCUT2D eigenvalue weighted by atomic mass is 79.9. The van der Waals surface area contributed by atoms with E-state index in [-0.39, 0.29) is 17.5 Å². The molecule has 20 heavy (non-hydrogen) atoms. The molecule has 114 valence electrons. The Morgan fingerprint density at radius 1 is 1.40 bits per heavy atom. The molecule has 1 unspecified atom stereocenters. The van der Waals surface area contributed by atoms with Gasteiger partial charge in [-0.25, -0.2) is 13.1 Å². The van der Waals surface area contributed by atoms with E-state index in [0.29, 0.717) is 10.0 Å². The highest BCUT2D eigenvalue weighted by Gasteiger charge is 2.20. The van der Waals surface area contributed by atoms with E-state index in [4.69, 9.17) is 5.11 Å². The van der Waals surface area contributed by atoms with Gasteiger partial charge in [0.1, 0.15) is 0 Å². The van der Waals surface area contributed by atoms with Crippen LogP contribution in [0.5, 0.6) is 0 Å². The number of sulfonamides is 1. The Morgan fingerprint density at radius 3 is 2.55 bits per heavy atom. The average Bonchev–Trinajstić information content (AvgIpc) is 2.35. The maximum atomic E-state index is 12.3. The Bertz CT molecular complexity index is 547. The number of nitrogens with zero attached hydrogens (tertiary/aromatic N) is 1. The van der Waals surface area contributed by atoms with Crippen LogP contribution in [0.3, 0.4) is 0 Å². The molecule has 1 aromatic carbocycles. The third-order valence-electron chi connectivity index (χ3n) is 2.83. The van der Waals surface area contributed by atoms with Crippen molar-refractivity contribution in [2.24, 2.45) is 0 Å². The molecule has 0 aliphatic rings. The molecule has 0 aromatic heterocycles. The number of nitrogens with one attached hydrogen (secondary N) is 1. The van der Waals surface area contributed by atoms with Crippen molar-refractivity contribution in [2.75, 3.05) is 20.6 Å². The van der Waals surface area contributed by atoms with Gasteiger partial charge in [0.15, 0.2) is 0 Å². The first-order valence-electron chi connectivity index (χ1n) is 6.32. The zero-order chi connectivity index (χ0) is 15.3. The van der Waals surface area contributed by atoms with Crippen LogP contribution in [0, 0.1) is 0 Å². The van der Waals surface area contributed by atoms with Crippen molar-refractivity contribution in [2.45, 2.75) is 30.9 Å². The third-order valence-corrected chi connectivity index (χ3v) is 5.40. The molecule has 1 atom stereocenters. The summed E-state index contributed by atoms with van der Waals surface area (Å²) in [6.45, 7) is 2.54. The lowest BCUT2D eigenvalue weighted by Crippen LogP contribution is -2.35. The number of hydrogen-bond donors (Lipinski definition) is 2. The lowest BCUT2D eigenvalue weighted by Gasteiger charge is -2.17. The second-order valence-corrected chi connectivity index (χ2v) is 7.57. The number of rotatable bonds is 7. The Morgan fingerprint density at radius 2 is 2.05 bits per heavy atom. The van der Waals surface area contributed by atoms with Crippen LogP contribution in [0.1, 0.15) is 18.9 Å². The van der Waals surface area contributed by atoms with E-state index in [1.54, 1.807) is 12.1 Å². The Hall–Kier alpha value is -0.470. The van der Waals surface area contributed by atoms with Crippen LogP contribution in [0.25, 0.3) is 0 Å². The van der Waals surface area contributed by atoms with Gasteiger partial charge in [0.2, 0.25) is 10.0 Å². The lowest BCUT2D eigenvalue weighted by molar-refractivity contribution is 0.281. The summed E-state index contributed by atoms with van der Waals surface area (Å²) < 4.78 is 27.7. The molecule has 0 amide bonds. The van der Waals surface area contributed by atoms with E-state index in [9.17, 15) is 8.42 Å². The van der Waals surface area contributed by atoms with Gasteiger partial charge in [0.25, 0.3) is 0 Å². The number of hydrogen-bond acceptors (Lipinski definition) is 4. The summed E-state index contributed by atoms with van der Waals surface area (Å²) in [5.74, 6) is 0. The summed E-state index contributed by atoms with van der Waals surface area (Å²) >= 11 is 3.24. The summed E-state index contributed by atoms with van der Waals surface area (Å²) in [6.07, 6.45) is 0.735. The van der Waals surface area contributed by atoms with E-state index >= 15 is 0 Å². The zero-order valence-corrected chi connectivity index (χ0v) is 14.3. The zero-order valence-electron chi connectivity index (χ0n) is 11.9. The highest BCUT2D eigenvalue weighted by molar-refractivity contribution is 9.10. The summed E-state index contributed by atoms with van der Waals surface area (Å²) in [5.41, 5.74) is 0.663. The van der Waals surface area contributed by atoms with Crippen LogP contribution in [0.4, 0.5) is 0 Å². The molecule has 2 N–H and O–H groups in total. The fourth-order valence-electron chi connectivity index (χ4n) is 1.70. The molecular formula is C13H21BrN2O3S. The van der Waals surface area contributed by atoms with E-state index in [0.717, 1.165) is 13.0 Å². The fraction of sp³-hybridized carbons (Fsp3) is 0.538. The minimum absolute atomic E-state index is 0.119. The Balaban J connectivity index is 2.83. The molecule has 5 nitrogen and oxygen atoms in total. The minimum Gasteiger partial charge on any atom is -0.392 e. The molecule has 0 aliphatic heterocycles. The summed E-state index contributed by atoms with van der Waals surface area (Å²) in [5, 5.41) is 9.03. The Kier molecular flexibility index (Phi) is 6.60. The van der Waals surface area contributed by atoms with Crippen molar-refractivity contribution in [1.82, 2.24) is 9.62 Å². The molecule has 0 radical (unpaired) electrons. The molecule has 0 fully saturated rings. The van der Waals surface area contributed by atoms with Gasteiger partial charge >= 0.3 is 0 Å². The Labute approximate surface area is 129 Å². The summed E-state index contributed by atoms with van der Waals surface area (Å²) in [4.78, 5) is 2.20. The smallest absolute Gasteiger partial charge is 0.241 e. The average molecular weight is 365 g/mol. The number of aliphatic hydroxyl groups excluding tert-OH is 1. The van der Waals surface area contributed by atoms with Crippen molar-refractivity contribution in [1.29, 1.82) is 0 Å². The first kappa shape index (κ1) is 17.6. The van der Waals surface area contributed by atoms with Crippen molar-refractivity contribution in [3.05, 3.63) is 28.2 Å². The van der Waals surface area contributed by atoms with Gasteiger partial charge in [-0.3, -0.25) is 0 Å². The third kappa shape index (κ3) is 5.14. The predicted octanol–water partition coefficient (Wildman–Crippen LogP) is 1.56. The van der Waals surface area contributed by atoms with Crippen molar-refractivity contribution in [3.8, 4) is 0 Å². The van der Waals surface area contributed by atoms with Crippen LogP contribution in [-0.2, 0) is 16.6 Å². The van der Waals surface area contributed by atoms with Gasteiger partial charge in [-0.15, -0.1) is 0 Å². The molecule has 1 rings (SSSR count). The largest absolute Gasteiger partial charge is 0.392 e. The molecule has 0 saturated heterocycles. The molecule has 0 spiro atoms. The molecule has 0 bridgehead atoms. The van der Waals surface area contributed by atoms with Gasteiger partial charge in [-0.2, -0.15) is 0 Å².